The molecule has 0 spiro atoms. The highest BCUT2D eigenvalue weighted by Crippen LogP contribution is 2.34. The van der Waals surface area contributed by atoms with Crippen molar-refractivity contribution in [3.05, 3.63) is 29.3 Å². The molecule has 0 saturated heterocycles. The molecule has 0 aliphatic heterocycles. The van der Waals surface area contributed by atoms with Crippen LogP contribution in [-0.4, -0.2) is 25.9 Å². The molecule has 0 aromatic heterocycles. The Labute approximate surface area is 139 Å². The quantitative estimate of drug-likeness (QED) is 0.830. The molecule has 6 nitrogen and oxygen atoms in total. The number of amides is 1. The average molecular weight is 358 g/mol. The number of Topliss-reactive ketones (excluding diaryl/α,β-unsaturated/α-hetero) is 2. The second-order valence-corrected chi connectivity index (χ2v) is 8.43. The standard InChI is InChI=1S/C15H16ClNO5S/c1-15(2)7-11(18)13(12(19)8-15)14(20)17-23(21,22)10-5-3-9(16)4-6-10/h3-6,13H,7-8H2,1-2H3,(H,17,20). The first-order chi connectivity index (χ1) is 10.5. The average Bonchev–Trinajstić information content (AvgIpc) is 2.35. The highest BCUT2D eigenvalue weighted by Gasteiger charge is 2.44. The molecule has 1 aromatic rings. The van der Waals surface area contributed by atoms with E-state index in [1.165, 1.54) is 24.3 Å². The normalized spacial score (nSPS) is 18.7. The molecule has 0 bridgehead atoms. The highest BCUT2D eigenvalue weighted by atomic mass is 35.5. The Morgan fingerprint density at radius 3 is 2.09 bits per heavy atom. The van der Waals surface area contributed by atoms with Crippen LogP contribution in [0, 0.1) is 11.3 Å². The van der Waals surface area contributed by atoms with Gasteiger partial charge in [-0.15, -0.1) is 0 Å². The number of hydrogen-bond acceptors (Lipinski definition) is 5. The molecule has 1 amide bonds. The Morgan fingerprint density at radius 1 is 1.13 bits per heavy atom. The Hall–Kier alpha value is -1.73. The number of carbonyl (C=O) groups excluding carboxylic acids is 3. The van der Waals surface area contributed by atoms with Crippen LogP contribution >= 0.6 is 11.6 Å². The molecule has 1 aromatic carbocycles. The maximum absolute atomic E-state index is 12.1. The monoisotopic (exact) mass is 357 g/mol. The van der Waals surface area contributed by atoms with E-state index in [0.717, 1.165) is 0 Å². The molecule has 0 heterocycles. The summed E-state index contributed by atoms with van der Waals surface area (Å²) in [4.78, 5) is 36.0. The van der Waals surface area contributed by atoms with Crippen LogP contribution in [0.25, 0.3) is 0 Å². The first-order valence-electron chi connectivity index (χ1n) is 6.89. The van der Waals surface area contributed by atoms with Gasteiger partial charge in [-0.3, -0.25) is 14.4 Å². The lowest BCUT2D eigenvalue weighted by atomic mass is 9.71. The van der Waals surface area contributed by atoms with Gasteiger partial charge in [0.15, 0.2) is 17.5 Å². The van der Waals surface area contributed by atoms with Crippen LogP contribution in [0.3, 0.4) is 0 Å². The van der Waals surface area contributed by atoms with E-state index < -0.39 is 38.8 Å². The van der Waals surface area contributed by atoms with Crippen molar-refractivity contribution in [2.75, 3.05) is 0 Å². The number of halogens is 1. The molecular formula is C15H16ClNO5S. The maximum Gasteiger partial charge on any atom is 0.264 e. The van der Waals surface area contributed by atoms with Gasteiger partial charge in [0, 0.05) is 17.9 Å². The zero-order valence-electron chi connectivity index (χ0n) is 12.6. The molecule has 8 heteroatoms. The molecule has 1 fully saturated rings. The minimum absolute atomic E-state index is 0.0534. The van der Waals surface area contributed by atoms with E-state index in [2.05, 4.69) is 0 Å². The summed E-state index contributed by atoms with van der Waals surface area (Å²) < 4.78 is 26.1. The van der Waals surface area contributed by atoms with Gasteiger partial charge in [0.25, 0.3) is 15.9 Å². The van der Waals surface area contributed by atoms with Gasteiger partial charge >= 0.3 is 0 Å². The summed E-state index contributed by atoms with van der Waals surface area (Å²) in [7, 11) is -4.16. The van der Waals surface area contributed by atoms with Gasteiger partial charge in [-0.05, 0) is 29.7 Å². The van der Waals surface area contributed by atoms with E-state index in [4.69, 9.17) is 11.6 Å². The van der Waals surface area contributed by atoms with Crippen molar-refractivity contribution in [2.45, 2.75) is 31.6 Å². The predicted molar refractivity (Wildman–Crippen MR) is 83.3 cm³/mol. The van der Waals surface area contributed by atoms with Crippen LogP contribution in [0.15, 0.2) is 29.2 Å². The number of ketones is 2. The molecule has 0 radical (unpaired) electrons. The first-order valence-corrected chi connectivity index (χ1v) is 8.76. The molecule has 1 aliphatic carbocycles. The van der Waals surface area contributed by atoms with E-state index >= 15 is 0 Å². The first kappa shape index (κ1) is 17.6. The summed E-state index contributed by atoms with van der Waals surface area (Å²) in [6, 6.07) is 5.18. The van der Waals surface area contributed by atoms with Gasteiger partial charge < -0.3 is 0 Å². The number of rotatable bonds is 3. The van der Waals surface area contributed by atoms with Gasteiger partial charge in [0.05, 0.1) is 4.90 Å². The Morgan fingerprint density at radius 2 is 1.61 bits per heavy atom. The van der Waals surface area contributed by atoms with E-state index in [-0.39, 0.29) is 17.7 Å². The molecule has 0 unspecified atom stereocenters. The van der Waals surface area contributed by atoms with Crippen molar-refractivity contribution in [1.29, 1.82) is 0 Å². The maximum atomic E-state index is 12.1. The summed E-state index contributed by atoms with van der Waals surface area (Å²) >= 11 is 5.68. The Balaban J connectivity index is 2.20. The van der Waals surface area contributed by atoms with E-state index in [1.54, 1.807) is 18.6 Å². The second kappa shape index (κ2) is 6.05. The molecule has 124 valence electrons. The lowest BCUT2D eigenvalue weighted by Crippen LogP contribution is -2.47. The minimum Gasteiger partial charge on any atom is -0.298 e. The van der Waals surface area contributed by atoms with Gasteiger partial charge in [-0.1, -0.05) is 25.4 Å². The third kappa shape index (κ3) is 3.97. The van der Waals surface area contributed by atoms with E-state index in [9.17, 15) is 22.8 Å². The van der Waals surface area contributed by atoms with E-state index in [1.807, 2.05) is 0 Å². The summed E-state index contributed by atoms with van der Waals surface area (Å²) in [6.45, 7) is 3.50. The molecule has 23 heavy (non-hydrogen) atoms. The van der Waals surface area contributed by atoms with Crippen molar-refractivity contribution in [3.63, 3.8) is 0 Å². The SMILES string of the molecule is CC1(C)CC(=O)C(C(=O)NS(=O)(=O)c2ccc(Cl)cc2)C(=O)C1. The van der Waals surface area contributed by atoms with Gasteiger partial charge in [0.2, 0.25) is 0 Å². The summed E-state index contributed by atoms with van der Waals surface area (Å²) in [6.07, 6.45) is 0.107. The fourth-order valence-corrected chi connectivity index (χ4v) is 3.67. The topological polar surface area (TPSA) is 97.4 Å². The van der Waals surface area contributed by atoms with Crippen molar-refractivity contribution >= 4 is 39.1 Å². The third-order valence-corrected chi connectivity index (χ3v) is 5.19. The molecule has 1 N–H and O–H groups in total. The van der Waals surface area contributed by atoms with Crippen molar-refractivity contribution in [2.24, 2.45) is 11.3 Å². The summed E-state index contributed by atoms with van der Waals surface area (Å²) in [5.74, 6) is -3.79. The van der Waals surface area contributed by atoms with Gasteiger partial charge in [-0.25, -0.2) is 13.1 Å². The smallest absolute Gasteiger partial charge is 0.264 e. The predicted octanol–water partition coefficient (Wildman–Crippen LogP) is 1.72. The van der Waals surface area contributed by atoms with Gasteiger partial charge in [-0.2, -0.15) is 0 Å². The molecule has 0 atom stereocenters. The lowest BCUT2D eigenvalue weighted by Gasteiger charge is -2.31. The number of hydrogen-bond donors (Lipinski definition) is 1. The highest BCUT2D eigenvalue weighted by molar-refractivity contribution is 7.90. The fraction of sp³-hybridized carbons (Fsp3) is 0.400. The lowest BCUT2D eigenvalue weighted by molar-refractivity contribution is -0.145. The van der Waals surface area contributed by atoms with Crippen LogP contribution in [-0.2, 0) is 24.4 Å². The molecule has 1 saturated carbocycles. The van der Waals surface area contributed by atoms with Crippen molar-refractivity contribution in [1.82, 2.24) is 4.72 Å². The molecular weight excluding hydrogens is 342 g/mol. The fourth-order valence-electron chi connectivity index (χ4n) is 2.55. The molecule has 1 aliphatic rings. The summed E-state index contributed by atoms with van der Waals surface area (Å²) in [5.41, 5.74) is -0.514. The van der Waals surface area contributed by atoms with Crippen molar-refractivity contribution in [3.8, 4) is 0 Å². The molecule has 2 rings (SSSR count). The van der Waals surface area contributed by atoms with Gasteiger partial charge in [0.1, 0.15) is 0 Å². The van der Waals surface area contributed by atoms with Crippen molar-refractivity contribution < 1.29 is 22.8 Å². The third-order valence-electron chi connectivity index (χ3n) is 3.57. The summed E-state index contributed by atoms with van der Waals surface area (Å²) in [5, 5.41) is 0.343. The Bertz CT molecular complexity index is 748. The van der Waals surface area contributed by atoms with Crippen LogP contribution < -0.4 is 4.72 Å². The Kier molecular flexibility index (Phi) is 4.64. The van der Waals surface area contributed by atoms with Crippen LogP contribution in [0.5, 0.6) is 0 Å². The van der Waals surface area contributed by atoms with Crippen LogP contribution in [0.2, 0.25) is 5.02 Å². The zero-order valence-corrected chi connectivity index (χ0v) is 14.2. The number of nitrogens with one attached hydrogen (secondary N) is 1. The van der Waals surface area contributed by atoms with E-state index in [0.29, 0.717) is 5.02 Å². The number of benzene rings is 1. The largest absolute Gasteiger partial charge is 0.298 e. The number of carbonyl (C=O) groups is 3. The number of sulfonamides is 1. The van der Waals surface area contributed by atoms with Crippen LogP contribution in [0.1, 0.15) is 26.7 Å². The van der Waals surface area contributed by atoms with Crippen LogP contribution in [0.4, 0.5) is 0 Å². The zero-order chi connectivity index (χ0) is 17.4. The minimum atomic E-state index is -4.16. The second-order valence-electron chi connectivity index (χ2n) is 6.31.